The van der Waals surface area contributed by atoms with Crippen LogP contribution in [0.15, 0.2) is 23.2 Å². The molecular formula is C21H31N3O3. The normalized spacial score (nSPS) is 28.1. The van der Waals surface area contributed by atoms with E-state index in [1.807, 2.05) is 19.2 Å². The Morgan fingerprint density at radius 2 is 2.15 bits per heavy atom. The molecule has 0 radical (unpaired) electrons. The second kappa shape index (κ2) is 7.23. The Balaban J connectivity index is 1.45. The van der Waals surface area contributed by atoms with Crippen LogP contribution in [0, 0.1) is 11.3 Å². The lowest BCUT2D eigenvalue weighted by Gasteiger charge is -2.63. The Morgan fingerprint density at radius 3 is 2.78 bits per heavy atom. The number of fused-ring (bicyclic) bond motifs is 2. The van der Waals surface area contributed by atoms with Crippen molar-refractivity contribution >= 4 is 5.96 Å². The molecule has 3 unspecified atom stereocenters. The first-order chi connectivity index (χ1) is 13.1. The lowest BCUT2D eigenvalue weighted by atomic mass is 9.46. The number of methoxy groups -OCH3 is 2. The average molecular weight is 373 g/mol. The Morgan fingerprint density at radius 1 is 1.33 bits per heavy atom. The van der Waals surface area contributed by atoms with E-state index in [0.29, 0.717) is 23.5 Å². The number of benzene rings is 1. The highest BCUT2D eigenvalue weighted by molar-refractivity contribution is 5.80. The molecule has 1 aliphatic heterocycles. The van der Waals surface area contributed by atoms with Crippen LogP contribution in [0.25, 0.3) is 0 Å². The maximum atomic E-state index is 6.04. The molecule has 1 heterocycles. The van der Waals surface area contributed by atoms with Crippen molar-refractivity contribution in [1.29, 1.82) is 0 Å². The molecule has 3 aliphatic rings. The van der Waals surface area contributed by atoms with Gasteiger partial charge in [-0.3, -0.25) is 4.99 Å². The summed E-state index contributed by atoms with van der Waals surface area (Å²) in [6.07, 6.45) is 5.51. The molecule has 4 rings (SSSR count). The van der Waals surface area contributed by atoms with Crippen LogP contribution in [0.3, 0.4) is 0 Å². The molecule has 0 amide bonds. The molecule has 6 nitrogen and oxygen atoms in total. The van der Waals surface area contributed by atoms with E-state index < -0.39 is 0 Å². The summed E-state index contributed by atoms with van der Waals surface area (Å²) in [5.74, 6) is 3.20. The van der Waals surface area contributed by atoms with Crippen LogP contribution in [0.2, 0.25) is 0 Å². The summed E-state index contributed by atoms with van der Waals surface area (Å²) >= 11 is 0. The lowest BCUT2D eigenvalue weighted by molar-refractivity contribution is -0.171. The van der Waals surface area contributed by atoms with Gasteiger partial charge in [-0.15, -0.1) is 0 Å². The van der Waals surface area contributed by atoms with Crippen molar-refractivity contribution in [2.45, 2.75) is 44.4 Å². The first-order valence-corrected chi connectivity index (χ1v) is 9.90. The van der Waals surface area contributed by atoms with Crippen LogP contribution in [0.4, 0.5) is 0 Å². The first kappa shape index (κ1) is 18.4. The standard InChI is InChI=1S/C21H31N3O3/c1-22-20(23-18-16-8-11-27-19(16)21(18)9-5-10-21)24(2)13-14-6-7-15(25-3)12-17(14)26-4/h6-7,12,16,18-19H,5,8-11,13H2,1-4H3,(H,22,23). The second-order valence-electron chi connectivity index (χ2n) is 8.03. The minimum absolute atomic E-state index is 0.343. The fraction of sp³-hybridized carbons (Fsp3) is 0.667. The summed E-state index contributed by atoms with van der Waals surface area (Å²) in [5.41, 5.74) is 1.45. The van der Waals surface area contributed by atoms with Crippen LogP contribution in [0.5, 0.6) is 11.5 Å². The maximum Gasteiger partial charge on any atom is 0.193 e. The van der Waals surface area contributed by atoms with Crippen molar-refractivity contribution in [1.82, 2.24) is 10.2 Å². The van der Waals surface area contributed by atoms with E-state index in [-0.39, 0.29) is 0 Å². The molecule has 0 bridgehead atoms. The number of rotatable bonds is 5. The predicted molar refractivity (Wildman–Crippen MR) is 105 cm³/mol. The third-order valence-corrected chi connectivity index (χ3v) is 6.80. The minimum atomic E-state index is 0.343. The van der Waals surface area contributed by atoms with Crippen molar-refractivity contribution in [3.05, 3.63) is 23.8 Å². The van der Waals surface area contributed by atoms with Crippen LogP contribution >= 0.6 is 0 Å². The van der Waals surface area contributed by atoms with Gasteiger partial charge in [-0.25, -0.2) is 0 Å². The molecule has 2 saturated carbocycles. The SMILES string of the molecule is CN=C(NC1C2CCOC2C12CCC2)N(C)Cc1ccc(OC)cc1OC. The highest BCUT2D eigenvalue weighted by atomic mass is 16.5. The molecule has 1 aromatic carbocycles. The van der Waals surface area contributed by atoms with E-state index in [2.05, 4.69) is 28.3 Å². The van der Waals surface area contributed by atoms with E-state index in [1.54, 1.807) is 14.2 Å². The fourth-order valence-corrected chi connectivity index (χ4v) is 5.25. The van der Waals surface area contributed by atoms with Crippen molar-refractivity contribution in [3.8, 4) is 11.5 Å². The Hall–Kier alpha value is -1.95. The van der Waals surface area contributed by atoms with Gasteiger partial charge in [0.2, 0.25) is 0 Å². The first-order valence-electron chi connectivity index (χ1n) is 9.90. The van der Waals surface area contributed by atoms with E-state index >= 15 is 0 Å². The molecule has 27 heavy (non-hydrogen) atoms. The summed E-state index contributed by atoms with van der Waals surface area (Å²) in [6, 6.07) is 6.43. The van der Waals surface area contributed by atoms with Gasteiger partial charge >= 0.3 is 0 Å². The summed E-state index contributed by atoms with van der Waals surface area (Å²) in [4.78, 5) is 6.72. The lowest BCUT2D eigenvalue weighted by Crippen LogP contribution is -2.72. The Bertz CT molecular complexity index is 717. The van der Waals surface area contributed by atoms with Crippen LogP contribution in [-0.4, -0.2) is 57.9 Å². The molecule has 148 valence electrons. The highest BCUT2D eigenvalue weighted by Crippen LogP contribution is 2.62. The topological polar surface area (TPSA) is 55.3 Å². The molecule has 1 aromatic rings. The van der Waals surface area contributed by atoms with Gasteiger partial charge in [-0.2, -0.15) is 0 Å². The summed E-state index contributed by atoms with van der Waals surface area (Å²) in [7, 11) is 7.30. The van der Waals surface area contributed by atoms with Gasteiger partial charge in [0.15, 0.2) is 5.96 Å². The average Bonchev–Trinajstić information content (AvgIpc) is 3.06. The number of guanidine groups is 1. The number of aliphatic imine (C=N–C) groups is 1. The quantitative estimate of drug-likeness (QED) is 0.635. The van der Waals surface area contributed by atoms with Crippen LogP contribution in [-0.2, 0) is 11.3 Å². The van der Waals surface area contributed by atoms with E-state index in [0.717, 1.165) is 42.6 Å². The van der Waals surface area contributed by atoms with E-state index in [1.165, 1.54) is 19.3 Å². The molecule has 1 saturated heterocycles. The van der Waals surface area contributed by atoms with Crippen molar-refractivity contribution in [3.63, 3.8) is 0 Å². The van der Waals surface area contributed by atoms with E-state index in [9.17, 15) is 0 Å². The van der Waals surface area contributed by atoms with Crippen LogP contribution in [0.1, 0.15) is 31.2 Å². The third-order valence-electron chi connectivity index (χ3n) is 6.80. The zero-order valence-corrected chi connectivity index (χ0v) is 16.8. The number of nitrogens with zero attached hydrogens (tertiary/aromatic N) is 2. The third kappa shape index (κ3) is 2.94. The molecular weight excluding hydrogens is 342 g/mol. The summed E-state index contributed by atoms with van der Waals surface area (Å²) < 4.78 is 16.9. The second-order valence-corrected chi connectivity index (χ2v) is 8.03. The zero-order chi connectivity index (χ0) is 19.0. The number of hydrogen-bond acceptors (Lipinski definition) is 4. The van der Waals surface area contributed by atoms with Gasteiger partial charge < -0.3 is 24.4 Å². The summed E-state index contributed by atoms with van der Waals surface area (Å²) in [5, 5.41) is 3.78. The fourth-order valence-electron chi connectivity index (χ4n) is 5.25. The highest BCUT2D eigenvalue weighted by Gasteiger charge is 2.66. The van der Waals surface area contributed by atoms with Gasteiger partial charge in [0, 0.05) is 56.3 Å². The number of hydrogen-bond donors (Lipinski definition) is 1. The van der Waals surface area contributed by atoms with Crippen molar-refractivity contribution in [2.75, 3.05) is 34.9 Å². The molecule has 1 spiro atoms. The molecule has 1 N–H and O–H groups in total. The summed E-state index contributed by atoms with van der Waals surface area (Å²) in [6.45, 7) is 1.63. The Kier molecular flexibility index (Phi) is 4.93. The van der Waals surface area contributed by atoms with Gasteiger partial charge in [0.1, 0.15) is 11.5 Å². The van der Waals surface area contributed by atoms with Gasteiger partial charge in [0.05, 0.1) is 20.3 Å². The number of ether oxygens (including phenoxy) is 3. The van der Waals surface area contributed by atoms with Crippen LogP contribution < -0.4 is 14.8 Å². The number of nitrogens with one attached hydrogen (secondary N) is 1. The largest absolute Gasteiger partial charge is 0.497 e. The monoisotopic (exact) mass is 373 g/mol. The smallest absolute Gasteiger partial charge is 0.193 e. The minimum Gasteiger partial charge on any atom is -0.497 e. The van der Waals surface area contributed by atoms with E-state index in [4.69, 9.17) is 14.2 Å². The molecule has 3 fully saturated rings. The maximum absolute atomic E-state index is 6.04. The zero-order valence-electron chi connectivity index (χ0n) is 16.8. The Labute approximate surface area is 161 Å². The van der Waals surface area contributed by atoms with Gasteiger partial charge in [-0.1, -0.05) is 6.42 Å². The predicted octanol–water partition coefficient (Wildman–Crippen LogP) is 2.67. The van der Waals surface area contributed by atoms with Gasteiger partial charge in [0.25, 0.3) is 0 Å². The van der Waals surface area contributed by atoms with Crippen molar-refractivity contribution in [2.24, 2.45) is 16.3 Å². The van der Waals surface area contributed by atoms with Crippen molar-refractivity contribution < 1.29 is 14.2 Å². The van der Waals surface area contributed by atoms with Gasteiger partial charge in [-0.05, 0) is 31.4 Å². The molecule has 0 aromatic heterocycles. The molecule has 3 atom stereocenters. The molecule has 6 heteroatoms. The molecule has 2 aliphatic carbocycles.